The molecule has 1 aromatic heterocycles. The van der Waals surface area contributed by atoms with E-state index in [2.05, 4.69) is 5.32 Å². The number of halogens is 2. The number of aliphatic hydroxyl groups excluding tert-OH is 1. The molecule has 2 N–H and O–H groups in total. The van der Waals surface area contributed by atoms with Gasteiger partial charge in [-0.05, 0) is 36.8 Å². The van der Waals surface area contributed by atoms with E-state index in [0.717, 1.165) is 11.3 Å². The fraction of sp³-hybridized carbons (Fsp3) is 0.375. The summed E-state index contributed by atoms with van der Waals surface area (Å²) in [6.45, 7) is 3.00. The van der Waals surface area contributed by atoms with Crippen LogP contribution in [0.15, 0.2) is 41.0 Å². The lowest BCUT2D eigenvalue weighted by molar-refractivity contribution is 0.0217. The van der Waals surface area contributed by atoms with E-state index in [1.165, 1.54) is 0 Å². The van der Waals surface area contributed by atoms with Crippen LogP contribution in [0.5, 0.6) is 0 Å². The van der Waals surface area contributed by atoms with Gasteiger partial charge in [0.05, 0.1) is 29.0 Å². The van der Waals surface area contributed by atoms with Crippen molar-refractivity contribution in [1.82, 2.24) is 5.32 Å². The van der Waals surface area contributed by atoms with Crippen molar-refractivity contribution in [3.05, 3.63) is 58.0 Å². The maximum Gasteiger partial charge on any atom is 0.129 e. The molecule has 0 aliphatic carbocycles. The highest BCUT2D eigenvalue weighted by Gasteiger charge is 2.10. The van der Waals surface area contributed by atoms with Gasteiger partial charge in [-0.3, -0.25) is 0 Å². The summed E-state index contributed by atoms with van der Waals surface area (Å²) in [5.74, 6) is 0.740. The van der Waals surface area contributed by atoms with Gasteiger partial charge in [-0.2, -0.15) is 0 Å². The number of nitrogens with one attached hydrogen (secondary N) is 1. The Hall–Kier alpha value is -1.04. The Labute approximate surface area is 140 Å². The number of benzene rings is 1. The Morgan fingerprint density at radius 2 is 2.09 bits per heavy atom. The first kappa shape index (κ1) is 17.3. The fourth-order valence-electron chi connectivity index (χ4n) is 1.96. The van der Waals surface area contributed by atoms with Crippen LogP contribution in [0.25, 0.3) is 0 Å². The molecule has 0 radical (unpaired) electrons. The molecule has 120 valence electrons. The first-order valence-corrected chi connectivity index (χ1v) is 7.78. The summed E-state index contributed by atoms with van der Waals surface area (Å²) in [5, 5.41) is 14.2. The fourth-order valence-corrected chi connectivity index (χ4v) is 2.27. The second kappa shape index (κ2) is 8.56. The van der Waals surface area contributed by atoms with Crippen molar-refractivity contribution in [1.29, 1.82) is 0 Å². The highest BCUT2D eigenvalue weighted by atomic mass is 35.5. The van der Waals surface area contributed by atoms with Crippen molar-refractivity contribution in [2.45, 2.75) is 25.7 Å². The van der Waals surface area contributed by atoms with Gasteiger partial charge in [0.1, 0.15) is 12.4 Å². The molecule has 0 aliphatic rings. The molecule has 2 atom stereocenters. The molecule has 0 fully saturated rings. The Morgan fingerprint density at radius 1 is 1.27 bits per heavy atom. The maximum atomic E-state index is 9.91. The molecule has 2 rings (SSSR count). The summed E-state index contributed by atoms with van der Waals surface area (Å²) in [6.07, 6.45) is 0.996. The van der Waals surface area contributed by atoms with Gasteiger partial charge < -0.3 is 19.6 Å². The molecule has 1 heterocycles. The minimum absolute atomic E-state index is 0.0505. The minimum atomic E-state index is -0.597. The number of hydrogen-bond acceptors (Lipinski definition) is 4. The van der Waals surface area contributed by atoms with Crippen LogP contribution in [0.1, 0.15) is 24.3 Å². The summed E-state index contributed by atoms with van der Waals surface area (Å²) in [6, 6.07) is 9.18. The van der Waals surface area contributed by atoms with Crippen LogP contribution < -0.4 is 5.32 Å². The third-order valence-electron chi connectivity index (χ3n) is 3.24. The molecule has 2 unspecified atom stereocenters. The first-order valence-electron chi connectivity index (χ1n) is 7.03. The number of ether oxygens (including phenoxy) is 1. The van der Waals surface area contributed by atoms with E-state index in [-0.39, 0.29) is 12.6 Å². The van der Waals surface area contributed by atoms with Crippen molar-refractivity contribution in [2.24, 2.45) is 0 Å². The van der Waals surface area contributed by atoms with Crippen LogP contribution in [-0.2, 0) is 11.3 Å². The lowest BCUT2D eigenvalue weighted by atomic mass is 10.1. The third kappa shape index (κ3) is 5.30. The van der Waals surface area contributed by atoms with Gasteiger partial charge in [-0.1, -0.05) is 29.3 Å². The second-order valence-electron chi connectivity index (χ2n) is 5.05. The summed E-state index contributed by atoms with van der Waals surface area (Å²) < 4.78 is 10.5. The lowest BCUT2D eigenvalue weighted by Crippen LogP contribution is -2.32. The van der Waals surface area contributed by atoms with E-state index in [4.69, 9.17) is 32.4 Å². The van der Waals surface area contributed by atoms with Gasteiger partial charge in [0.2, 0.25) is 0 Å². The molecule has 22 heavy (non-hydrogen) atoms. The Morgan fingerprint density at radius 3 is 2.77 bits per heavy atom. The predicted octanol–water partition coefficient (Wildman–Crippen LogP) is 3.81. The highest BCUT2D eigenvalue weighted by molar-refractivity contribution is 6.42. The van der Waals surface area contributed by atoms with Crippen molar-refractivity contribution in [3.8, 4) is 0 Å². The van der Waals surface area contributed by atoms with Crippen LogP contribution in [-0.4, -0.2) is 24.4 Å². The summed E-state index contributed by atoms with van der Waals surface area (Å²) in [4.78, 5) is 0. The van der Waals surface area contributed by atoms with Gasteiger partial charge in [0.25, 0.3) is 0 Å². The van der Waals surface area contributed by atoms with Crippen molar-refractivity contribution in [3.63, 3.8) is 0 Å². The maximum absolute atomic E-state index is 9.91. The van der Waals surface area contributed by atoms with Gasteiger partial charge in [0.15, 0.2) is 0 Å². The largest absolute Gasteiger partial charge is 0.467 e. The van der Waals surface area contributed by atoms with Crippen LogP contribution in [0.4, 0.5) is 0 Å². The Bertz CT molecular complexity index is 575. The third-order valence-corrected chi connectivity index (χ3v) is 3.98. The normalized spacial score (nSPS) is 14.0. The van der Waals surface area contributed by atoms with Gasteiger partial charge in [-0.15, -0.1) is 0 Å². The van der Waals surface area contributed by atoms with Gasteiger partial charge in [0, 0.05) is 12.6 Å². The molecule has 4 nitrogen and oxygen atoms in total. The van der Waals surface area contributed by atoms with E-state index in [1.54, 1.807) is 18.4 Å². The second-order valence-corrected chi connectivity index (χ2v) is 5.87. The van der Waals surface area contributed by atoms with Crippen LogP contribution >= 0.6 is 23.2 Å². The molecule has 0 bridgehead atoms. The Kier molecular flexibility index (Phi) is 6.73. The molecule has 0 saturated carbocycles. The Balaban J connectivity index is 1.70. The smallest absolute Gasteiger partial charge is 0.129 e. The average Bonchev–Trinajstić information content (AvgIpc) is 3.01. The highest BCUT2D eigenvalue weighted by Crippen LogP contribution is 2.25. The zero-order chi connectivity index (χ0) is 15.9. The van der Waals surface area contributed by atoms with Crippen molar-refractivity contribution >= 4 is 23.2 Å². The van der Waals surface area contributed by atoms with E-state index < -0.39 is 6.10 Å². The van der Waals surface area contributed by atoms with Crippen LogP contribution in [0.3, 0.4) is 0 Å². The van der Waals surface area contributed by atoms with Crippen LogP contribution in [0.2, 0.25) is 10.0 Å². The summed E-state index contributed by atoms with van der Waals surface area (Å²) >= 11 is 11.9. The quantitative estimate of drug-likeness (QED) is 0.765. The van der Waals surface area contributed by atoms with Crippen molar-refractivity contribution in [2.75, 3.05) is 13.2 Å². The molecule has 0 spiro atoms. The van der Waals surface area contributed by atoms with Gasteiger partial charge >= 0.3 is 0 Å². The zero-order valence-electron chi connectivity index (χ0n) is 12.3. The number of aliphatic hydroxyl groups is 1. The molecule has 0 saturated heterocycles. The van der Waals surface area contributed by atoms with Gasteiger partial charge in [-0.25, -0.2) is 0 Å². The average molecular weight is 344 g/mol. The predicted molar refractivity (Wildman–Crippen MR) is 87.3 cm³/mol. The molecule has 0 aliphatic heterocycles. The molecule has 0 amide bonds. The monoisotopic (exact) mass is 343 g/mol. The van der Waals surface area contributed by atoms with E-state index >= 15 is 0 Å². The summed E-state index contributed by atoms with van der Waals surface area (Å²) in [7, 11) is 0. The first-order chi connectivity index (χ1) is 10.6. The summed E-state index contributed by atoms with van der Waals surface area (Å²) in [5.41, 5.74) is 1.01. The molecule has 1 aromatic carbocycles. The minimum Gasteiger partial charge on any atom is -0.467 e. The number of rotatable bonds is 8. The van der Waals surface area contributed by atoms with E-state index in [9.17, 15) is 5.11 Å². The van der Waals surface area contributed by atoms with Crippen LogP contribution in [0, 0.1) is 0 Å². The molecular formula is C16H19Cl2NO3. The van der Waals surface area contributed by atoms with Crippen molar-refractivity contribution < 1.29 is 14.3 Å². The zero-order valence-corrected chi connectivity index (χ0v) is 13.8. The lowest BCUT2D eigenvalue weighted by Gasteiger charge is -2.18. The molecule has 6 heteroatoms. The SMILES string of the molecule is CC(NCC(O)COCc1ccco1)c1ccc(Cl)c(Cl)c1. The molecule has 2 aromatic rings. The van der Waals surface area contributed by atoms with E-state index in [1.807, 2.05) is 25.1 Å². The number of furan rings is 1. The topological polar surface area (TPSA) is 54.6 Å². The standard InChI is InChI=1S/C16H19Cl2NO3/c1-11(12-4-5-15(17)16(18)7-12)19-8-13(20)9-21-10-14-3-2-6-22-14/h2-7,11,13,19-20H,8-10H2,1H3. The molecular weight excluding hydrogens is 325 g/mol. The van der Waals surface area contributed by atoms with E-state index in [0.29, 0.717) is 23.2 Å². The number of hydrogen-bond donors (Lipinski definition) is 2.